The van der Waals surface area contributed by atoms with Gasteiger partial charge in [-0.15, -0.1) is 0 Å². The van der Waals surface area contributed by atoms with E-state index in [-0.39, 0.29) is 11.9 Å². The van der Waals surface area contributed by atoms with Gasteiger partial charge in [-0.1, -0.05) is 43.3 Å². The summed E-state index contributed by atoms with van der Waals surface area (Å²) in [7, 11) is 1.33. The highest BCUT2D eigenvalue weighted by Crippen LogP contribution is 2.27. The Balaban J connectivity index is 1.63. The molecule has 0 radical (unpaired) electrons. The lowest BCUT2D eigenvalue weighted by molar-refractivity contribution is 0.0341. The highest BCUT2D eigenvalue weighted by molar-refractivity contribution is 6.05. The van der Waals surface area contributed by atoms with Gasteiger partial charge in [0.25, 0.3) is 5.91 Å². The zero-order valence-corrected chi connectivity index (χ0v) is 20.8. The first kappa shape index (κ1) is 26.3. The number of alkyl carbamates (subject to hydrolysis) is 1. The molecular weight excluding hydrogens is 458 g/mol. The number of para-hydroxylation sites is 2. The van der Waals surface area contributed by atoms with Crippen molar-refractivity contribution in [2.75, 3.05) is 18.2 Å². The third-order valence-corrected chi connectivity index (χ3v) is 5.83. The summed E-state index contributed by atoms with van der Waals surface area (Å²) in [5.74, 6) is -0.712. The van der Waals surface area contributed by atoms with Gasteiger partial charge in [-0.25, -0.2) is 9.59 Å². The maximum atomic E-state index is 12.7. The van der Waals surface area contributed by atoms with Gasteiger partial charge in [0.2, 0.25) is 0 Å². The van der Waals surface area contributed by atoms with Crippen molar-refractivity contribution in [2.24, 2.45) is 0 Å². The normalized spacial score (nSPS) is 11.8. The first-order valence-corrected chi connectivity index (χ1v) is 11.6. The minimum Gasteiger partial charge on any atom is -0.465 e. The molecule has 0 aliphatic heterocycles. The predicted octanol–water partition coefficient (Wildman–Crippen LogP) is 5.42. The van der Waals surface area contributed by atoms with Crippen molar-refractivity contribution in [2.45, 2.75) is 38.8 Å². The van der Waals surface area contributed by atoms with Crippen LogP contribution in [-0.2, 0) is 15.1 Å². The third kappa shape index (κ3) is 6.41. The number of ether oxygens (including phenoxy) is 2. The molecule has 3 aromatic rings. The van der Waals surface area contributed by atoms with Crippen LogP contribution in [0.5, 0.6) is 0 Å². The van der Waals surface area contributed by atoms with E-state index in [2.05, 4.69) is 10.6 Å². The Bertz CT molecular complexity index is 1220. The maximum absolute atomic E-state index is 12.7. The van der Waals surface area contributed by atoms with E-state index in [0.29, 0.717) is 28.9 Å². The lowest BCUT2D eigenvalue weighted by Gasteiger charge is -2.27. The molecule has 0 heterocycles. The highest BCUT2D eigenvalue weighted by Gasteiger charge is 2.27. The average Bonchev–Trinajstić information content (AvgIpc) is 2.88. The maximum Gasteiger partial charge on any atom is 0.408 e. The van der Waals surface area contributed by atoms with E-state index < -0.39 is 17.7 Å². The highest BCUT2D eigenvalue weighted by atomic mass is 16.6. The number of carbonyl (C=O) groups excluding carboxylic acids is 3. The van der Waals surface area contributed by atoms with Crippen LogP contribution < -0.4 is 16.4 Å². The number of benzene rings is 3. The van der Waals surface area contributed by atoms with Gasteiger partial charge >= 0.3 is 12.1 Å². The molecule has 8 nitrogen and oxygen atoms in total. The minimum absolute atomic E-state index is 0.292. The van der Waals surface area contributed by atoms with Crippen molar-refractivity contribution >= 4 is 29.3 Å². The number of nitrogens with one attached hydrogen (secondary N) is 2. The summed E-state index contributed by atoms with van der Waals surface area (Å²) in [5, 5.41) is 5.67. The summed E-state index contributed by atoms with van der Waals surface area (Å²) < 4.78 is 10.4. The number of nitrogens with two attached hydrogens (primary N) is 1. The Morgan fingerprint density at radius 2 is 1.53 bits per heavy atom. The molecular formula is C28H31N3O5. The lowest BCUT2D eigenvalue weighted by atomic mass is 9.96. The van der Waals surface area contributed by atoms with Gasteiger partial charge in [0.15, 0.2) is 0 Å². The van der Waals surface area contributed by atoms with E-state index in [1.54, 1.807) is 86.6 Å². The lowest BCUT2D eigenvalue weighted by Crippen LogP contribution is -2.35. The number of carbonyl (C=O) groups is 3. The molecule has 2 amide bonds. The Kier molecular flexibility index (Phi) is 8.32. The standard InChI is InChI=1S/C28H31N3O5/c1-5-23(18-10-12-20(13-11-18)26(33)35-4)31-27(34)36-28(2,3)21-16-14-19(15-17-21)25(32)30-24-9-7-6-8-22(24)29/h6-17,23H,5,29H2,1-4H3,(H,30,32)(H,31,34)/t23-/m1/s1. The molecule has 3 aromatic carbocycles. The summed E-state index contributed by atoms with van der Waals surface area (Å²) in [6, 6.07) is 20.4. The molecule has 0 spiro atoms. The van der Waals surface area contributed by atoms with Gasteiger partial charge in [-0.3, -0.25) is 4.79 Å². The van der Waals surface area contributed by atoms with E-state index in [4.69, 9.17) is 15.2 Å². The molecule has 8 heteroatoms. The fourth-order valence-electron chi connectivity index (χ4n) is 3.68. The van der Waals surface area contributed by atoms with Crippen LogP contribution in [0.15, 0.2) is 72.8 Å². The van der Waals surface area contributed by atoms with Crippen LogP contribution in [0.25, 0.3) is 0 Å². The summed E-state index contributed by atoms with van der Waals surface area (Å²) in [6.45, 7) is 5.49. The summed E-state index contributed by atoms with van der Waals surface area (Å²) in [6.07, 6.45) is 0.0494. The molecule has 0 unspecified atom stereocenters. The molecule has 3 rings (SSSR count). The summed E-state index contributed by atoms with van der Waals surface area (Å²) >= 11 is 0. The fourth-order valence-corrected chi connectivity index (χ4v) is 3.68. The molecule has 1 atom stereocenters. The van der Waals surface area contributed by atoms with E-state index >= 15 is 0 Å². The van der Waals surface area contributed by atoms with Gasteiger partial charge in [-0.05, 0) is 67.8 Å². The van der Waals surface area contributed by atoms with Crippen molar-refractivity contribution < 1.29 is 23.9 Å². The molecule has 0 aliphatic carbocycles. The van der Waals surface area contributed by atoms with Crippen molar-refractivity contribution in [3.63, 3.8) is 0 Å². The molecule has 36 heavy (non-hydrogen) atoms. The number of methoxy groups -OCH3 is 1. The van der Waals surface area contributed by atoms with E-state index in [1.807, 2.05) is 6.92 Å². The Labute approximate surface area is 210 Å². The SMILES string of the molecule is CC[C@@H](NC(=O)OC(C)(C)c1ccc(C(=O)Nc2ccccc2N)cc1)c1ccc(C(=O)OC)cc1. The first-order chi connectivity index (χ1) is 17.1. The number of hydrogen-bond acceptors (Lipinski definition) is 6. The van der Waals surface area contributed by atoms with Crippen LogP contribution in [-0.4, -0.2) is 25.1 Å². The molecule has 0 aromatic heterocycles. The van der Waals surface area contributed by atoms with Crippen molar-refractivity contribution in [1.29, 1.82) is 0 Å². The minimum atomic E-state index is -0.948. The zero-order valence-electron chi connectivity index (χ0n) is 20.8. The zero-order chi connectivity index (χ0) is 26.3. The van der Waals surface area contributed by atoms with Crippen LogP contribution in [0.3, 0.4) is 0 Å². The quantitative estimate of drug-likeness (QED) is 0.287. The van der Waals surface area contributed by atoms with Gasteiger partial charge in [0, 0.05) is 5.56 Å². The smallest absolute Gasteiger partial charge is 0.408 e. The largest absolute Gasteiger partial charge is 0.465 e. The molecule has 0 bridgehead atoms. The van der Waals surface area contributed by atoms with Gasteiger partial charge in [0.1, 0.15) is 5.60 Å². The van der Waals surface area contributed by atoms with E-state index in [0.717, 1.165) is 11.1 Å². The molecule has 188 valence electrons. The second kappa shape index (κ2) is 11.4. The van der Waals surface area contributed by atoms with Gasteiger partial charge in [0.05, 0.1) is 30.1 Å². The van der Waals surface area contributed by atoms with Crippen LogP contribution in [0.1, 0.15) is 65.1 Å². The number of nitrogen functional groups attached to an aromatic ring is 1. The van der Waals surface area contributed by atoms with Crippen molar-refractivity contribution in [3.05, 3.63) is 95.1 Å². The number of anilines is 2. The topological polar surface area (TPSA) is 120 Å². The number of amides is 2. The Hall–Kier alpha value is -4.33. The molecule has 0 aliphatic rings. The van der Waals surface area contributed by atoms with Crippen LogP contribution >= 0.6 is 0 Å². The van der Waals surface area contributed by atoms with Crippen molar-refractivity contribution in [3.8, 4) is 0 Å². The molecule has 0 fully saturated rings. The molecule has 0 saturated heterocycles. The van der Waals surface area contributed by atoms with E-state index in [9.17, 15) is 14.4 Å². The monoisotopic (exact) mass is 489 g/mol. The Morgan fingerprint density at radius 1 is 0.917 bits per heavy atom. The summed E-state index contributed by atoms with van der Waals surface area (Å²) in [5.41, 5.74) is 8.41. The van der Waals surface area contributed by atoms with Gasteiger partial charge < -0.3 is 25.8 Å². The van der Waals surface area contributed by atoms with Gasteiger partial charge in [-0.2, -0.15) is 0 Å². The Morgan fingerprint density at radius 3 is 2.11 bits per heavy atom. The van der Waals surface area contributed by atoms with Crippen LogP contribution in [0, 0.1) is 0 Å². The average molecular weight is 490 g/mol. The van der Waals surface area contributed by atoms with Crippen molar-refractivity contribution in [1.82, 2.24) is 5.32 Å². The van der Waals surface area contributed by atoms with Crippen LogP contribution in [0.4, 0.5) is 16.2 Å². The van der Waals surface area contributed by atoms with Crippen LogP contribution in [0.2, 0.25) is 0 Å². The number of esters is 1. The fraction of sp³-hybridized carbons (Fsp3) is 0.250. The molecule has 0 saturated carbocycles. The number of rotatable bonds is 8. The predicted molar refractivity (Wildman–Crippen MR) is 139 cm³/mol. The second-order valence-corrected chi connectivity index (χ2v) is 8.74. The number of hydrogen-bond donors (Lipinski definition) is 3. The van der Waals surface area contributed by atoms with E-state index in [1.165, 1.54) is 7.11 Å². The second-order valence-electron chi connectivity index (χ2n) is 8.74. The molecule has 4 N–H and O–H groups in total. The first-order valence-electron chi connectivity index (χ1n) is 11.6. The third-order valence-electron chi connectivity index (χ3n) is 5.83. The summed E-state index contributed by atoms with van der Waals surface area (Å²) in [4.78, 5) is 37.0.